The van der Waals surface area contributed by atoms with Gasteiger partial charge in [-0.3, -0.25) is 10.1 Å². The van der Waals surface area contributed by atoms with E-state index in [9.17, 15) is 9.59 Å². The van der Waals surface area contributed by atoms with E-state index in [1.165, 1.54) is 11.3 Å². The summed E-state index contributed by atoms with van der Waals surface area (Å²) in [5.41, 5.74) is 0.986. The van der Waals surface area contributed by atoms with Crippen LogP contribution in [0, 0.1) is 0 Å². The highest BCUT2D eigenvalue weighted by atomic mass is 32.1. The van der Waals surface area contributed by atoms with Gasteiger partial charge in [-0.25, -0.2) is 4.79 Å². The average Bonchev–Trinajstić information content (AvgIpc) is 3.22. The second-order valence-corrected chi connectivity index (χ2v) is 7.13. The van der Waals surface area contributed by atoms with Gasteiger partial charge in [-0.15, -0.1) is 10.2 Å². The van der Waals surface area contributed by atoms with Crippen molar-refractivity contribution in [1.82, 2.24) is 20.4 Å². The number of aromatic nitrogens is 2. The number of methoxy groups -OCH3 is 2. The maximum atomic E-state index is 12.1. The molecule has 2 aromatic rings. The van der Waals surface area contributed by atoms with Gasteiger partial charge in [-0.2, -0.15) is 0 Å². The molecule has 1 atom stereocenters. The van der Waals surface area contributed by atoms with Crippen molar-refractivity contribution >= 4 is 28.4 Å². The summed E-state index contributed by atoms with van der Waals surface area (Å²) in [5, 5.41) is 14.5. The fourth-order valence-corrected chi connectivity index (χ4v) is 3.56. The van der Waals surface area contributed by atoms with Gasteiger partial charge in [0.1, 0.15) is 11.0 Å². The van der Waals surface area contributed by atoms with Gasteiger partial charge in [0.05, 0.1) is 14.2 Å². The van der Waals surface area contributed by atoms with Crippen LogP contribution in [0.3, 0.4) is 0 Å². The van der Waals surface area contributed by atoms with E-state index in [-0.39, 0.29) is 5.91 Å². The summed E-state index contributed by atoms with van der Waals surface area (Å²) in [6, 6.07) is 4.68. The molecule has 0 radical (unpaired) electrons. The molecule has 2 N–H and O–H groups in total. The number of amides is 3. The van der Waals surface area contributed by atoms with Crippen molar-refractivity contribution in [2.75, 3.05) is 33.1 Å². The Bertz CT molecular complexity index is 840. The first-order valence-electron chi connectivity index (χ1n) is 8.36. The fourth-order valence-electron chi connectivity index (χ4n) is 2.79. The molecule has 1 aliphatic heterocycles. The van der Waals surface area contributed by atoms with Crippen molar-refractivity contribution in [1.29, 1.82) is 0 Å². The zero-order valence-corrected chi connectivity index (χ0v) is 16.1. The van der Waals surface area contributed by atoms with E-state index in [1.54, 1.807) is 26.2 Å². The van der Waals surface area contributed by atoms with Crippen LogP contribution in [0.15, 0.2) is 18.2 Å². The number of carbonyl (C=O) groups excluding carboxylic acids is 2. The molecule has 1 aromatic carbocycles. The predicted octanol–water partition coefficient (Wildman–Crippen LogP) is 1.50. The Morgan fingerprint density at radius 2 is 2.07 bits per heavy atom. The molecule has 0 bridgehead atoms. The van der Waals surface area contributed by atoms with E-state index in [4.69, 9.17) is 9.47 Å². The first-order valence-corrected chi connectivity index (χ1v) is 9.17. The van der Waals surface area contributed by atoms with E-state index in [0.717, 1.165) is 10.6 Å². The zero-order valence-electron chi connectivity index (χ0n) is 15.3. The average molecular weight is 391 g/mol. The number of urea groups is 1. The fraction of sp³-hybridized carbons (Fsp3) is 0.412. The molecule has 27 heavy (non-hydrogen) atoms. The molecule has 0 aliphatic carbocycles. The molecule has 1 saturated heterocycles. The molecule has 1 aromatic heterocycles. The van der Waals surface area contributed by atoms with Crippen molar-refractivity contribution in [2.24, 2.45) is 0 Å². The SMILES string of the molecule is COc1ccc(Cc2nnc(NC(=O)N[C@H]3CCN(C)C3=O)s2)cc1OC. The van der Waals surface area contributed by atoms with Crippen molar-refractivity contribution in [3.63, 3.8) is 0 Å². The smallest absolute Gasteiger partial charge is 0.321 e. The van der Waals surface area contributed by atoms with E-state index in [2.05, 4.69) is 20.8 Å². The minimum atomic E-state index is -0.492. The summed E-state index contributed by atoms with van der Waals surface area (Å²) < 4.78 is 10.5. The van der Waals surface area contributed by atoms with Crippen LogP contribution in [0.1, 0.15) is 17.0 Å². The number of anilines is 1. The first-order chi connectivity index (χ1) is 13.0. The highest BCUT2D eigenvalue weighted by molar-refractivity contribution is 7.15. The molecule has 3 rings (SSSR count). The van der Waals surface area contributed by atoms with Crippen LogP contribution in [0.2, 0.25) is 0 Å². The minimum absolute atomic E-state index is 0.0865. The molecule has 2 heterocycles. The van der Waals surface area contributed by atoms with Crippen LogP contribution in [-0.4, -0.2) is 60.9 Å². The second kappa shape index (κ2) is 8.21. The Balaban J connectivity index is 1.58. The number of hydrogen-bond acceptors (Lipinski definition) is 7. The molecule has 3 amide bonds. The third-order valence-corrected chi connectivity index (χ3v) is 5.06. The lowest BCUT2D eigenvalue weighted by Gasteiger charge is -2.11. The summed E-state index contributed by atoms with van der Waals surface area (Å²) in [7, 11) is 4.88. The van der Waals surface area contributed by atoms with Crippen LogP contribution >= 0.6 is 11.3 Å². The maximum absolute atomic E-state index is 12.1. The maximum Gasteiger partial charge on any atom is 0.321 e. The van der Waals surface area contributed by atoms with Crippen LogP contribution < -0.4 is 20.1 Å². The Hall–Kier alpha value is -2.88. The van der Waals surface area contributed by atoms with Crippen molar-refractivity contribution in [3.8, 4) is 11.5 Å². The summed E-state index contributed by atoms with van der Waals surface area (Å²) in [6.45, 7) is 0.637. The number of nitrogens with one attached hydrogen (secondary N) is 2. The number of rotatable bonds is 6. The van der Waals surface area contributed by atoms with Gasteiger partial charge in [-0.05, 0) is 24.1 Å². The van der Waals surface area contributed by atoms with Crippen LogP contribution in [-0.2, 0) is 11.2 Å². The molecule has 0 saturated carbocycles. The standard InChI is InChI=1S/C17H21N5O4S/c1-22-7-6-11(15(22)23)18-16(24)19-17-21-20-14(27-17)9-10-4-5-12(25-2)13(8-10)26-3/h4-5,8,11H,6-7,9H2,1-3H3,(H2,18,19,21,24)/t11-/m0/s1. The van der Waals surface area contributed by atoms with E-state index in [1.807, 2.05) is 18.2 Å². The number of carbonyl (C=O) groups is 2. The molecule has 1 aliphatic rings. The van der Waals surface area contributed by atoms with Crippen molar-refractivity contribution in [3.05, 3.63) is 28.8 Å². The zero-order chi connectivity index (χ0) is 19.4. The van der Waals surface area contributed by atoms with Gasteiger partial charge in [0.15, 0.2) is 11.5 Å². The Morgan fingerprint density at radius 1 is 1.30 bits per heavy atom. The predicted molar refractivity (Wildman–Crippen MR) is 100 cm³/mol. The topological polar surface area (TPSA) is 106 Å². The molecule has 1 fully saturated rings. The monoisotopic (exact) mass is 391 g/mol. The van der Waals surface area contributed by atoms with Crippen LogP contribution in [0.5, 0.6) is 11.5 Å². The normalized spacial score (nSPS) is 16.3. The molecule has 0 unspecified atom stereocenters. The number of nitrogens with zero attached hydrogens (tertiary/aromatic N) is 3. The van der Waals surface area contributed by atoms with Gasteiger partial charge in [-0.1, -0.05) is 17.4 Å². The first kappa shape index (κ1) is 18.9. The lowest BCUT2D eigenvalue weighted by Crippen LogP contribution is -2.42. The Morgan fingerprint density at radius 3 is 2.74 bits per heavy atom. The summed E-state index contributed by atoms with van der Waals surface area (Å²) >= 11 is 1.28. The number of ether oxygens (including phenoxy) is 2. The van der Waals surface area contributed by atoms with Gasteiger partial charge < -0.3 is 19.7 Å². The number of benzene rings is 1. The van der Waals surface area contributed by atoms with Crippen molar-refractivity contribution in [2.45, 2.75) is 18.9 Å². The Labute approximate surface area is 160 Å². The summed E-state index contributed by atoms with van der Waals surface area (Å²) in [4.78, 5) is 25.5. The number of hydrogen-bond donors (Lipinski definition) is 2. The molecular formula is C17H21N5O4S. The van der Waals surface area contributed by atoms with E-state index in [0.29, 0.717) is 36.0 Å². The highest BCUT2D eigenvalue weighted by Gasteiger charge is 2.30. The van der Waals surface area contributed by atoms with Crippen LogP contribution in [0.4, 0.5) is 9.93 Å². The lowest BCUT2D eigenvalue weighted by molar-refractivity contribution is -0.128. The molecule has 144 valence electrons. The molecule has 10 heteroatoms. The third-order valence-electron chi connectivity index (χ3n) is 4.22. The quantitative estimate of drug-likeness (QED) is 0.773. The van der Waals surface area contributed by atoms with Gasteiger partial charge in [0.25, 0.3) is 0 Å². The number of likely N-dealkylation sites (N-methyl/N-ethyl adjacent to an activating group) is 1. The van der Waals surface area contributed by atoms with Crippen LogP contribution in [0.25, 0.3) is 0 Å². The van der Waals surface area contributed by atoms with Gasteiger partial charge in [0.2, 0.25) is 11.0 Å². The van der Waals surface area contributed by atoms with Gasteiger partial charge >= 0.3 is 6.03 Å². The molecule has 0 spiro atoms. The number of likely N-dealkylation sites (tertiary alicyclic amines) is 1. The largest absolute Gasteiger partial charge is 0.493 e. The second-order valence-electron chi connectivity index (χ2n) is 6.07. The Kier molecular flexibility index (Phi) is 5.75. The summed E-state index contributed by atoms with van der Waals surface area (Å²) in [5.74, 6) is 1.21. The summed E-state index contributed by atoms with van der Waals surface area (Å²) in [6.07, 6.45) is 1.15. The highest BCUT2D eigenvalue weighted by Crippen LogP contribution is 2.29. The van der Waals surface area contributed by atoms with Crippen molar-refractivity contribution < 1.29 is 19.1 Å². The molecule has 9 nitrogen and oxygen atoms in total. The van der Waals surface area contributed by atoms with E-state index >= 15 is 0 Å². The third kappa shape index (κ3) is 4.45. The minimum Gasteiger partial charge on any atom is -0.493 e. The van der Waals surface area contributed by atoms with Gasteiger partial charge in [0, 0.05) is 20.0 Å². The lowest BCUT2D eigenvalue weighted by atomic mass is 10.1. The molecular weight excluding hydrogens is 370 g/mol. The van der Waals surface area contributed by atoms with E-state index < -0.39 is 12.1 Å².